The second-order valence-electron chi connectivity index (χ2n) is 2.45. The number of esters is 1. The standard InChI is InChI=1S/C10H7BrO3/c1-2-5-14-10(13)7-3-4-9(12)8(11)6-7/h1,3-4,6,12H,5H2. The predicted molar refractivity (Wildman–Crippen MR) is 54.9 cm³/mol. The van der Waals surface area contributed by atoms with Crippen LogP contribution in [-0.2, 0) is 4.74 Å². The zero-order valence-corrected chi connectivity index (χ0v) is 8.74. The van der Waals surface area contributed by atoms with Gasteiger partial charge in [0.1, 0.15) is 5.75 Å². The molecule has 0 heterocycles. The Morgan fingerprint density at radius 2 is 2.36 bits per heavy atom. The number of hydrogen-bond donors (Lipinski definition) is 1. The van der Waals surface area contributed by atoms with Gasteiger partial charge in [-0.15, -0.1) is 6.42 Å². The van der Waals surface area contributed by atoms with Crippen LogP contribution in [0, 0.1) is 12.3 Å². The van der Waals surface area contributed by atoms with Crippen LogP contribution in [0.4, 0.5) is 0 Å². The maximum Gasteiger partial charge on any atom is 0.339 e. The molecule has 0 spiro atoms. The molecule has 72 valence electrons. The number of aromatic hydroxyl groups is 1. The van der Waals surface area contributed by atoms with Crippen LogP contribution in [0.25, 0.3) is 0 Å². The smallest absolute Gasteiger partial charge is 0.339 e. The van der Waals surface area contributed by atoms with Gasteiger partial charge in [-0.25, -0.2) is 4.79 Å². The molecule has 0 atom stereocenters. The summed E-state index contributed by atoms with van der Waals surface area (Å²) in [7, 11) is 0. The number of carbonyl (C=O) groups is 1. The maximum atomic E-state index is 11.2. The van der Waals surface area contributed by atoms with Gasteiger partial charge in [-0.3, -0.25) is 0 Å². The third kappa shape index (κ3) is 2.51. The van der Waals surface area contributed by atoms with Crippen LogP contribution in [0.15, 0.2) is 22.7 Å². The van der Waals surface area contributed by atoms with Gasteiger partial charge in [0.2, 0.25) is 0 Å². The molecule has 0 aromatic heterocycles. The first kappa shape index (κ1) is 10.6. The molecule has 4 heteroatoms. The predicted octanol–water partition coefficient (Wildman–Crippen LogP) is 1.94. The maximum absolute atomic E-state index is 11.2. The summed E-state index contributed by atoms with van der Waals surface area (Å²) in [6.45, 7) is -0.0582. The van der Waals surface area contributed by atoms with Gasteiger partial charge in [0.05, 0.1) is 10.0 Å². The quantitative estimate of drug-likeness (QED) is 0.648. The summed E-state index contributed by atoms with van der Waals surface area (Å²) in [5.41, 5.74) is 0.338. The summed E-state index contributed by atoms with van der Waals surface area (Å²) in [6.07, 6.45) is 4.93. The Kier molecular flexibility index (Phi) is 3.55. The highest BCUT2D eigenvalue weighted by Crippen LogP contribution is 2.24. The molecule has 14 heavy (non-hydrogen) atoms. The Morgan fingerprint density at radius 3 is 2.93 bits per heavy atom. The molecule has 1 rings (SSSR count). The van der Waals surface area contributed by atoms with E-state index in [0.29, 0.717) is 10.0 Å². The van der Waals surface area contributed by atoms with Crippen LogP contribution in [0.3, 0.4) is 0 Å². The molecule has 0 unspecified atom stereocenters. The van der Waals surface area contributed by atoms with E-state index in [4.69, 9.17) is 11.2 Å². The molecule has 0 aliphatic heterocycles. The van der Waals surface area contributed by atoms with Gasteiger partial charge in [0, 0.05) is 0 Å². The minimum atomic E-state index is -0.511. The first-order valence-corrected chi connectivity index (χ1v) is 4.53. The lowest BCUT2D eigenvalue weighted by atomic mass is 10.2. The zero-order chi connectivity index (χ0) is 10.6. The van der Waals surface area contributed by atoms with Gasteiger partial charge in [-0.2, -0.15) is 0 Å². The van der Waals surface area contributed by atoms with E-state index < -0.39 is 5.97 Å². The molecule has 3 nitrogen and oxygen atoms in total. The second kappa shape index (κ2) is 4.68. The summed E-state index contributed by atoms with van der Waals surface area (Å²) >= 11 is 3.08. The number of benzene rings is 1. The van der Waals surface area contributed by atoms with E-state index in [0.717, 1.165) is 0 Å². The lowest BCUT2D eigenvalue weighted by Gasteiger charge is -2.02. The largest absolute Gasteiger partial charge is 0.507 e. The number of carbonyl (C=O) groups excluding carboxylic acids is 1. The Morgan fingerprint density at radius 1 is 1.64 bits per heavy atom. The van der Waals surface area contributed by atoms with Crippen LogP contribution in [-0.4, -0.2) is 17.7 Å². The molecule has 1 aromatic carbocycles. The van der Waals surface area contributed by atoms with Crippen molar-refractivity contribution in [3.05, 3.63) is 28.2 Å². The fourth-order valence-electron chi connectivity index (χ4n) is 0.824. The minimum Gasteiger partial charge on any atom is -0.507 e. The fraction of sp³-hybridized carbons (Fsp3) is 0.100. The van der Waals surface area contributed by atoms with Gasteiger partial charge in [0.25, 0.3) is 0 Å². The van der Waals surface area contributed by atoms with E-state index in [2.05, 4.69) is 21.9 Å². The normalized spacial score (nSPS) is 9.14. The molecule has 0 amide bonds. The Hall–Kier alpha value is -1.47. The average molecular weight is 255 g/mol. The van der Waals surface area contributed by atoms with Gasteiger partial charge < -0.3 is 9.84 Å². The molecule has 0 radical (unpaired) electrons. The van der Waals surface area contributed by atoms with E-state index in [1.807, 2.05) is 0 Å². The van der Waals surface area contributed by atoms with Gasteiger partial charge in [0.15, 0.2) is 6.61 Å². The number of phenolic OH excluding ortho intramolecular Hbond substituents is 1. The first-order valence-electron chi connectivity index (χ1n) is 3.74. The number of halogens is 1. The van der Waals surface area contributed by atoms with Gasteiger partial charge in [-0.05, 0) is 34.1 Å². The van der Waals surface area contributed by atoms with Gasteiger partial charge in [-0.1, -0.05) is 5.92 Å². The zero-order valence-electron chi connectivity index (χ0n) is 7.16. The van der Waals surface area contributed by atoms with Crippen LogP contribution in [0.2, 0.25) is 0 Å². The first-order chi connectivity index (χ1) is 6.65. The van der Waals surface area contributed by atoms with Crippen molar-refractivity contribution in [1.82, 2.24) is 0 Å². The summed E-state index contributed by atoms with van der Waals surface area (Å²) in [4.78, 5) is 11.2. The van der Waals surface area contributed by atoms with Crippen molar-refractivity contribution in [2.45, 2.75) is 0 Å². The van der Waals surface area contributed by atoms with Crippen molar-refractivity contribution in [2.75, 3.05) is 6.61 Å². The number of phenols is 1. The lowest BCUT2D eigenvalue weighted by molar-refractivity contribution is 0.0556. The van der Waals surface area contributed by atoms with E-state index in [-0.39, 0.29) is 12.4 Å². The molecule has 0 saturated carbocycles. The number of rotatable bonds is 2. The summed E-state index contributed by atoms with van der Waals surface area (Å²) in [5, 5.41) is 9.17. The van der Waals surface area contributed by atoms with Crippen LogP contribution in [0.1, 0.15) is 10.4 Å². The van der Waals surface area contributed by atoms with Crippen molar-refractivity contribution < 1.29 is 14.6 Å². The topological polar surface area (TPSA) is 46.5 Å². The van der Waals surface area contributed by atoms with Crippen LogP contribution >= 0.6 is 15.9 Å². The highest BCUT2D eigenvalue weighted by molar-refractivity contribution is 9.10. The minimum absolute atomic E-state index is 0.0582. The molecule has 1 aromatic rings. The summed E-state index contributed by atoms with van der Waals surface area (Å²) in [6, 6.07) is 4.32. The molecule has 0 aliphatic carbocycles. The van der Waals surface area contributed by atoms with Crippen molar-refractivity contribution in [1.29, 1.82) is 0 Å². The van der Waals surface area contributed by atoms with Crippen molar-refractivity contribution in [3.8, 4) is 18.1 Å². The van der Waals surface area contributed by atoms with Gasteiger partial charge >= 0.3 is 5.97 Å². The molecule has 0 bridgehead atoms. The van der Waals surface area contributed by atoms with E-state index in [9.17, 15) is 9.90 Å². The number of hydrogen-bond acceptors (Lipinski definition) is 3. The van der Waals surface area contributed by atoms with E-state index >= 15 is 0 Å². The monoisotopic (exact) mass is 254 g/mol. The molecule has 0 fully saturated rings. The summed E-state index contributed by atoms with van der Waals surface area (Å²) < 4.78 is 5.13. The molecule has 0 saturated heterocycles. The highest BCUT2D eigenvalue weighted by Gasteiger charge is 2.08. The molecule has 1 N–H and O–H groups in total. The third-order valence-electron chi connectivity index (χ3n) is 1.47. The third-order valence-corrected chi connectivity index (χ3v) is 2.11. The Bertz CT molecular complexity index is 393. The molecule has 0 aliphatic rings. The lowest BCUT2D eigenvalue weighted by Crippen LogP contribution is -2.04. The average Bonchev–Trinajstić information content (AvgIpc) is 2.18. The molecular weight excluding hydrogens is 248 g/mol. The number of terminal acetylenes is 1. The van der Waals surface area contributed by atoms with Crippen LogP contribution < -0.4 is 0 Å². The molecular formula is C10H7BrO3. The SMILES string of the molecule is C#CCOC(=O)c1ccc(O)c(Br)c1. The second-order valence-corrected chi connectivity index (χ2v) is 3.30. The van der Waals surface area contributed by atoms with Crippen molar-refractivity contribution in [2.24, 2.45) is 0 Å². The van der Waals surface area contributed by atoms with Crippen molar-refractivity contribution in [3.63, 3.8) is 0 Å². The number of ether oxygens (including phenoxy) is 1. The Labute approximate surface area is 89.8 Å². The van der Waals surface area contributed by atoms with E-state index in [1.165, 1.54) is 18.2 Å². The van der Waals surface area contributed by atoms with Crippen molar-refractivity contribution >= 4 is 21.9 Å². The summed E-state index contributed by atoms with van der Waals surface area (Å²) in [5.74, 6) is 1.75. The fourth-order valence-corrected chi connectivity index (χ4v) is 1.20. The van der Waals surface area contributed by atoms with E-state index in [1.54, 1.807) is 0 Å². The highest BCUT2D eigenvalue weighted by atomic mass is 79.9. The van der Waals surface area contributed by atoms with Crippen LogP contribution in [0.5, 0.6) is 5.75 Å². The Balaban J connectivity index is 2.82.